The Morgan fingerprint density at radius 2 is 2.43 bits per heavy atom. The van der Waals surface area contributed by atoms with Crippen LogP contribution < -0.4 is 5.73 Å². The Kier molecular flexibility index (Phi) is 2.17. The molecular formula is C10H16N2OS. The standard InChI is InChI=1S/C10H16N2OS/c1-9(2)8(11)6-10(9,13)5-7-3-4-12-14-7/h3-4,8,13H,5-6,11H2,1-2H3. The number of hydrogen-bond acceptors (Lipinski definition) is 4. The van der Waals surface area contributed by atoms with Gasteiger partial charge in [-0.25, -0.2) is 4.37 Å². The third-order valence-corrected chi connectivity index (χ3v) is 4.38. The van der Waals surface area contributed by atoms with Gasteiger partial charge in [-0.2, -0.15) is 0 Å². The van der Waals surface area contributed by atoms with Gasteiger partial charge in [-0.05, 0) is 24.0 Å². The zero-order chi connectivity index (χ0) is 10.4. The Labute approximate surface area is 88.1 Å². The number of nitrogens with two attached hydrogens (primary N) is 1. The Hall–Kier alpha value is -0.450. The van der Waals surface area contributed by atoms with Crippen LogP contribution in [0.3, 0.4) is 0 Å². The Balaban J connectivity index is 2.12. The molecular weight excluding hydrogens is 196 g/mol. The number of nitrogens with zero attached hydrogens (tertiary/aromatic N) is 1. The fourth-order valence-electron chi connectivity index (χ4n) is 2.02. The van der Waals surface area contributed by atoms with Crippen molar-refractivity contribution < 1.29 is 5.11 Å². The predicted octanol–water partition coefficient (Wildman–Crippen LogP) is 1.17. The molecule has 2 atom stereocenters. The van der Waals surface area contributed by atoms with Gasteiger partial charge in [-0.3, -0.25) is 0 Å². The predicted molar refractivity (Wildman–Crippen MR) is 57.1 cm³/mol. The highest BCUT2D eigenvalue weighted by molar-refractivity contribution is 7.05. The quantitative estimate of drug-likeness (QED) is 0.773. The molecule has 0 amide bonds. The van der Waals surface area contributed by atoms with Gasteiger partial charge in [0, 0.05) is 29.0 Å². The fourth-order valence-corrected chi connectivity index (χ4v) is 2.70. The van der Waals surface area contributed by atoms with E-state index in [0.717, 1.165) is 4.88 Å². The SMILES string of the molecule is CC1(C)C(N)CC1(O)Cc1ccns1. The lowest BCUT2D eigenvalue weighted by Gasteiger charge is -2.57. The Bertz CT molecular complexity index is 323. The Morgan fingerprint density at radius 1 is 1.71 bits per heavy atom. The first-order valence-corrected chi connectivity index (χ1v) is 5.60. The summed E-state index contributed by atoms with van der Waals surface area (Å²) in [5.41, 5.74) is 5.07. The van der Waals surface area contributed by atoms with Crippen molar-refractivity contribution >= 4 is 11.5 Å². The summed E-state index contributed by atoms with van der Waals surface area (Å²) in [4.78, 5) is 1.13. The summed E-state index contributed by atoms with van der Waals surface area (Å²) in [6.45, 7) is 4.06. The van der Waals surface area contributed by atoms with Gasteiger partial charge in [0.25, 0.3) is 0 Å². The average molecular weight is 212 g/mol. The van der Waals surface area contributed by atoms with E-state index in [9.17, 15) is 5.11 Å². The van der Waals surface area contributed by atoms with Gasteiger partial charge in [0.2, 0.25) is 0 Å². The van der Waals surface area contributed by atoms with Crippen molar-refractivity contribution in [2.75, 3.05) is 0 Å². The molecule has 2 rings (SSSR count). The molecule has 1 aliphatic carbocycles. The second-order valence-corrected chi connectivity index (χ2v) is 5.64. The molecule has 3 nitrogen and oxygen atoms in total. The maximum atomic E-state index is 10.4. The van der Waals surface area contributed by atoms with E-state index in [-0.39, 0.29) is 11.5 Å². The van der Waals surface area contributed by atoms with Crippen molar-refractivity contribution in [3.05, 3.63) is 17.1 Å². The summed E-state index contributed by atoms with van der Waals surface area (Å²) >= 11 is 1.45. The van der Waals surface area contributed by atoms with E-state index in [2.05, 4.69) is 4.37 Å². The third-order valence-electron chi connectivity index (χ3n) is 3.64. The molecule has 1 aromatic heterocycles. The van der Waals surface area contributed by atoms with Crippen molar-refractivity contribution in [1.29, 1.82) is 0 Å². The molecule has 1 aromatic rings. The van der Waals surface area contributed by atoms with Crippen LogP contribution in [-0.2, 0) is 6.42 Å². The summed E-state index contributed by atoms with van der Waals surface area (Å²) in [6, 6.07) is 2.07. The van der Waals surface area contributed by atoms with E-state index >= 15 is 0 Å². The van der Waals surface area contributed by atoms with Crippen LogP contribution in [0.15, 0.2) is 12.3 Å². The summed E-state index contributed by atoms with van der Waals surface area (Å²) < 4.78 is 4.03. The van der Waals surface area contributed by atoms with Crippen LogP contribution in [0.1, 0.15) is 25.1 Å². The van der Waals surface area contributed by atoms with Crippen LogP contribution in [0, 0.1) is 5.41 Å². The molecule has 14 heavy (non-hydrogen) atoms. The van der Waals surface area contributed by atoms with Crippen molar-refractivity contribution in [2.45, 2.75) is 38.3 Å². The minimum atomic E-state index is -0.640. The van der Waals surface area contributed by atoms with Crippen LogP contribution in [0.2, 0.25) is 0 Å². The van der Waals surface area contributed by atoms with Crippen LogP contribution in [0.5, 0.6) is 0 Å². The smallest absolute Gasteiger partial charge is 0.0776 e. The highest BCUT2D eigenvalue weighted by Gasteiger charge is 2.57. The average Bonchev–Trinajstić information content (AvgIpc) is 2.56. The van der Waals surface area contributed by atoms with Gasteiger partial charge in [-0.15, -0.1) is 0 Å². The van der Waals surface area contributed by atoms with Crippen LogP contribution in [0.25, 0.3) is 0 Å². The zero-order valence-corrected chi connectivity index (χ0v) is 9.34. The van der Waals surface area contributed by atoms with E-state index in [1.54, 1.807) is 6.20 Å². The van der Waals surface area contributed by atoms with Gasteiger partial charge >= 0.3 is 0 Å². The van der Waals surface area contributed by atoms with E-state index in [1.807, 2.05) is 19.9 Å². The molecule has 1 aliphatic rings. The van der Waals surface area contributed by atoms with Gasteiger partial charge in [-0.1, -0.05) is 13.8 Å². The van der Waals surface area contributed by atoms with Crippen LogP contribution in [0.4, 0.5) is 0 Å². The molecule has 0 radical (unpaired) electrons. The van der Waals surface area contributed by atoms with Crippen LogP contribution >= 0.6 is 11.5 Å². The first kappa shape index (κ1) is 10.1. The normalized spacial score (nSPS) is 35.3. The summed E-state index contributed by atoms with van der Waals surface area (Å²) in [7, 11) is 0. The van der Waals surface area contributed by atoms with Gasteiger partial charge in [0.05, 0.1) is 5.60 Å². The molecule has 0 spiro atoms. The number of aromatic nitrogens is 1. The summed E-state index contributed by atoms with van der Waals surface area (Å²) in [5, 5.41) is 10.4. The van der Waals surface area contributed by atoms with Gasteiger partial charge < -0.3 is 10.8 Å². The molecule has 4 heteroatoms. The number of rotatable bonds is 2. The minimum Gasteiger partial charge on any atom is -0.389 e. The van der Waals surface area contributed by atoms with E-state index < -0.39 is 5.60 Å². The van der Waals surface area contributed by atoms with E-state index in [1.165, 1.54) is 11.5 Å². The zero-order valence-electron chi connectivity index (χ0n) is 8.53. The van der Waals surface area contributed by atoms with Crippen molar-refractivity contribution in [2.24, 2.45) is 11.1 Å². The third kappa shape index (κ3) is 1.29. The summed E-state index contributed by atoms with van der Waals surface area (Å²) in [6.07, 6.45) is 3.14. The molecule has 0 aromatic carbocycles. The highest BCUT2D eigenvalue weighted by Crippen LogP contribution is 2.50. The van der Waals surface area contributed by atoms with Gasteiger partial charge in [0.1, 0.15) is 0 Å². The number of hydrogen-bond donors (Lipinski definition) is 2. The molecule has 3 N–H and O–H groups in total. The largest absolute Gasteiger partial charge is 0.389 e. The molecule has 0 bridgehead atoms. The molecule has 2 unspecified atom stereocenters. The van der Waals surface area contributed by atoms with Crippen molar-refractivity contribution in [1.82, 2.24) is 4.37 Å². The number of aliphatic hydroxyl groups is 1. The minimum absolute atomic E-state index is 0.112. The van der Waals surface area contributed by atoms with Crippen molar-refractivity contribution in [3.8, 4) is 0 Å². The van der Waals surface area contributed by atoms with E-state index in [4.69, 9.17) is 5.73 Å². The second kappa shape index (κ2) is 3.02. The molecule has 1 heterocycles. The van der Waals surface area contributed by atoms with Crippen LogP contribution in [-0.4, -0.2) is 21.1 Å². The van der Waals surface area contributed by atoms with E-state index in [0.29, 0.717) is 12.8 Å². The first-order valence-electron chi connectivity index (χ1n) is 4.83. The first-order chi connectivity index (χ1) is 6.46. The Morgan fingerprint density at radius 3 is 2.86 bits per heavy atom. The van der Waals surface area contributed by atoms with Crippen molar-refractivity contribution in [3.63, 3.8) is 0 Å². The lowest BCUT2D eigenvalue weighted by Crippen LogP contribution is -2.68. The lowest BCUT2D eigenvalue weighted by molar-refractivity contribution is -0.161. The molecule has 0 aliphatic heterocycles. The van der Waals surface area contributed by atoms with Gasteiger partial charge in [0.15, 0.2) is 0 Å². The summed E-state index contributed by atoms with van der Waals surface area (Å²) in [5.74, 6) is 0. The maximum Gasteiger partial charge on any atom is 0.0776 e. The molecule has 0 saturated heterocycles. The lowest BCUT2D eigenvalue weighted by atomic mass is 9.54. The topological polar surface area (TPSA) is 59.1 Å². The molecule has 1 fully saturated rings. The fraction of sp³-hybridized carbons (Fsp3) is 0.700. The molecule has 78 valence electrons. The second-order valence-electron chi connectivity index (χ2n) is 4.72. The maximum absolute atomic E-state index is 10.4. The molecule has 1 saturated carbocycles. The monoisotopic (exact) mass is 212 g/mol. The highest BCUT2D eigenvalue weighted by atomic mass is 32.1.